The van der Waals surface area contributed by atoms with E-state index in [0.29, 0.717) is 11.6 Å². The van der Waals surface area contributed by atoms with Crippen LogP contribution in [0.3, 0.4) is 0 Å². The van der Waals surface area contributed by atoms with Gasteiger partial charge in [-0.3, -0.25) is 4.79 Å². The number of methoxy groups -OCH3 is 1. The van der Waals surface area contributed by atoms with Crippen molar-refractivity contribution in [3.63, 3.8) is 0 Å². The Kier molecular flexibility index (Phi) is 6.19. The molecule has 1 N–H and O–H groups in total. The number of ether oxygens (including phenoxy) is 1. The molecule has 0 aliphatic heterocycles. The minimum Gasteiger partial charge on any atom is -0.465 e. The fraction of sp³-hybridized carbons (Fsp3) is 0.444. The van der Waals surface area contributed by atoms with E-state index in [1.54, 1.807) is 36.4 Å². The zero-order valence-electron chi connectivity index (χ0n) is 13.0. The summed E-state index contributed by atoms with van der Waals surface area (Å²) in [4.78, 5) is 23.3. The molecular weight excluding hydrogens is 278 g/mol. The number of rotatable bonds is 4. The number of carbonyl (C=O) groups is 2. The number of amides is 1. The molecule has 0 aromatic heterocycles. The smallest absolute Gasteiger partial charge is 0.337 e. The molecule has 0 radical (unpaired) electrons. The first-order valence-electron chi connectivity index (χ1n) is 7.86. The van der Waals surface area contributed by atoms with Crippen molar-refractivity contribution < 1.29 is 14.3 Å². The van der Waals surface area contributed by atoms with Crippen LogP contribution in [0.4, 0.5) is 0 Å². The van der Waals surface area contributed by atoms with Gasteiger partial charge in [0.15, 0.2) is 0 Å². The van der Waals surface area contributed by atoms with E-state index in [4.69, 9.17) is 0 Å². The zero-order valence-corrected chi connectivity index (χ0v) is 13.0. The van der Waals surface area contributed by atoms with E-state index in [1.807, 2.05) is 0 Å². The van der Waals surface area contributed by atoms with Crippen molar-refractivity contribution in [1.29, 1.82) is 0 Å². The lowest BCUT2D eigenvalue weighted by molar-refractivity contribution is -0.117. The lowest BCUT2D eigenvalue weighted by atomic mass is 10.1. The summed E-state index contributed by atoms with van der Waals surface area (Å²) in [7, 11) is 1.36. The summed E-state index contributed by atoms with van der Waals surface area (Å²) in [6, 6.07) is 7.27. The summed E-state index contributed by atoms with van der Waals surface area (Å²) >= 11 is 0. The van der Waals surface area contributed by atoms with Crippen LogP contribution in [0.15, 0.2) is 30.3 Å². The van der Waals surface area contributed by atoms with E-state index >= 15 is 0 Å². The minimum atomic E-state index is -0.360. The van der Waals surface area contributed by atoms with Crippen LogP contribution in [0.1, 0.15) is 54.4 Å². The second-order valence-electron chi connectivity index (χ2n) is 5.64. The van der Waals surface area contributed by atoms with Gasteiger partial charge in [-0.1, -0.05) is 37.8 Å². The van der Waals surface area contributed by atoms with Crippen molar-refractivity contribution in [2.24, 2.45) is 0 Å². The Hall–Kier alpha value is -2.10. The van der Waals surface area contributed by atoms with E-state index in [1.165, 1.54) is 32.8 Å². The standard InChI is InChI=1S/C18H23NO3/c1-22-18(21)15-11-8-14(9-12-15)10-13-17(20)19-16-6-4-2-3-5-7-16/h8-13,16H,2-7H2,1H3,(H,19,20). The van der Waals surface area contributed by atoms with E-state index in [0.717, 1.165) is 18.4 Å². The van der Waals surface area contributed by atoms with Gasteiger partial charge in [0.25, 0.3) is 0 Å². The summed E-state index contributed by atoms with van der Waals surface area (Å²) in [6.45, 7) is 0. The van der Waals surface area contributed by atoms with Crippen LogP contribution in [0.2, 0.25) is 0 Å². The Morgan fingerprint density at radius 3 is 2.32 bits per heavy atom. The fourth-order valence-electron chi connectivity index (χ4n) is 2.69. The van der Waals surface area contributed by atoms with Gasteiger partial charge in [-0.15, -0.1) is 0 Å². The van der Waals surface area contributed by atoms with E-state index in [9.17, 15) is 9.59 Å². The highest BCUT2D eigenvalue weighted by molar-refractivity contribution is 5.92. The molecule has 118 valence electrons. The molecule has 22 heavy (non-hydrogen) atoms. The molecule has 2 rings (SSSR count). The van der Waals surface area contributed by atoms with Gasteiger partial charge >= 0.3 is 5.97 Å². The van der Waals surface area contributed by atoms with Crippen molar-refractivity contribution in [2.45, 2.75) is 44.6 Å². The third kappa shape index (κ3) is 5.02. The van der Waals surface area contributed by atoms with Crippen LogP contribution < -0.4 is 5.32 Å². The number of hydrogen-bond acceptors (Lipinski definition) is 3. The van der Waals surface area contributed by atoms with E-state index in [2.05, 4.69) is 10.1 Å². The molecule has 4 heteroatoms. The Balaban J connectivity index is 1.87. The Labute approximate surface area is 131 Å². The Morgan fingerprint density at radius 2 is 1.73 bits per heavy atom. The minimum absolute atomic E-state index is 0.0519. The molecule has 1 aromatic carbocycles. The quantitative estimate of drug-likeness (QED) is 0.527. The number of benzene rings is 1. The molecule has 0 unspecified atom stereocenters. The number of nitrogens with one attached hydrogen (secondary N) is 1. The molecule has 1 aromatic rings. The molecule has 0 bridgehead atoms. The molecule has 0 heterocycles. The van der Waals surface area contributed by atoms with Crippen molar-refractivity contribution in [1.82, 2.24) is 5.32 Å². The fourth-order valence-corrected chi connectivity index (χ4v) is 2.69. The SMILES string of the molecule is COC(=O)c1ccc(C=CC(=O)NC2CCCCCC2)cc1. The summed E-state index contributed by atoms with van der Waals surface area (Å²) < 4.78 is 4.65. The normalized spacial score (nSPS) is 16.2. The summed E-state index contributed by atoms with van der Waals surface area (Å²) in [5.41, 5.74) is 1.38. The van der Waals surface area contributed by atoms with Gasteiger partial charge in [-0.25, -0.2) is 4.79 Å². The second-order valence-corrected chi connectivity index (χ2v) is 5.64. The summed E-state index contributed by atoms with van der Waals surface area (Å²) in [6.07, 6.45) is 10.4. The largest absolute Gasteiger partial charge is 0.465 e. The highest BCUT2D eigenvalue weighted by Crippen LogP contribution is 2.17. The third-order valence-corrected chi connectivity index (χ3v) is 3.96. The van der Waals surface area contributed by atoms with Gasteiger partial charge in [0, 0.05) is 12.1 Å². The van der Waals surface area contributed by atoms with Crippen molar-refractivity contribution >= 4 is 18.0 Å². The molecule has 1 aliphatic rings. The predicted molar refractivity (Wildman–Crippen MR) is 86.4 cm³/mol. The Morgan fingerprint density at radius 1 is 1.09 bits per heavy atom. The molecular formula is C18H23NO3. The van der Waals surface area contributed by atoms with Gasteiger partial charge in [0.2, 0.25) is 5.91 Å². The van der Waals surface area contributed by atoms with Gasteiger partial charge in [-0.05, 0) is 36.6 Å². The monoisotopic (exact) mass is 301 g/mol. The zero-order chi connectivity index (χ0) is 15.8. The predicted octanol–water partition coefficient (Wildman–Crippen LogP) is 3.33. The maximum absolute atomic E-state index is 11.9. The molecule has 1 amide bonds. The van der Waals surface area contributed by atoms with Crippen LogP contribution in [0.25, 0.3) is 6.08 Å². The number of hydrogen-bond donors (Lipinski definition) is 1. The molecule has 1 fully saturated rings. The number of carbonyl (C=O) groups excluding carboxylic acids is 2. The van der Waals surface area contributed by atoms with Crippen molar-refractivity contribution in [2.75, 3.05) is 7.11 Å². The highest BCUT2D eigenvalue weighted by Gasteiger charge is 2.13. The lowest BCUT2D eigenvalue weighted by Gasteiger charge is -2.14. The average molecular weight is 301 g/mol. The lowest BCUT2D eigenvalue weighted by Crippen LogP contribution is -2.33. The number of esters is 1. The van der Waals surface area contributed by atoms with E-state index in [-0.39, 0.29) is 11.9 Å². The Bertz CT molecular complexity index is 526. The van der Waals surface area contributed by atoms with Gasteiger partial charge in [-0.2, -0.15) is 0 Å². The van der Waals surface area contributed by atoms with Crippen LogP contribution in [-0.2, 0) is 9.53 Å². The van der Waals surface area contributed by atoms with Crippen LogP contribution in [0.5, 0.6) is 0 Å². The van der Waals surface area contributed by atoms with E-state index < -0.39 is 0 Å². The molecule has 0 atom stereocenters. The van der Waals surface area contributed by atoms with Crippen LogP contribution in [-0.4, -0.2) is 25.0 Å². The van der Waals surface area contributed by atoms with Gasteiger partial charge < -0.3 is 10.1 Å². The topological polar surface area (TPSA) is 55.4 Å². The van der Waals surface area contributed by atoms with Crippen LogP contribution in [0, 0.1) is 0 Å². The highest BCUT2D eigenvalue weighted by atomic mass is 16.5. The van der Waals surface area contributed by atoms with Crippen molar-refractivity contribution in [3.05, 3.63) is 41.5 Å². The first kappa shape index (κ1) is 16.3. The second kappa shape index (κ2) is 8.37. The maximum atomic E-state index is 11.9. The third-order valence-electron chi connectivity index (χ3n) is 3.96. The van der Waals surface area contributed by atoms with Crippen LogP contribution >= 0.6 is 0 Å². The average Bonchev–Trinajstić information content (AvgIpc) is 2.81. The summed E-state index contributed by atoms with van der Waals surface area (Å²) in [5.74, 6) is -0.411. The molecule has 0 spiro atoms. The first-order chi connectivity index (χ1) is 10.7. The molecule has 0 saturated heterocycles. The van der Waals surface area contributed by atoms with Crippen molar-refractivity contribution in [3.8, 4) is 0 Å². The van der Waals surface area contributed by atoms with Gasteiger partial charge in [0.05, 0.1) is 12.7 Å². The molecule has 4 nitrogen and oxygen atoms in total. The van der Waals surface area contributed by atoms with Gasteiger partial charge in [0.1, 0.15) is 0 Å². The molecule has 1 aliphatic carbocycles. The first-order valence-corrected chi connectivity index (χ1v) is 7.86. The molecule has 1 saturated carbocycles. The summed E-state index contributed by atoms with van der Waals surface area (Å²) in [5, 5.41) is 3.07. The maximum Gasteiger partial charge on any atom is 0.337 e.